The summed E-state index contributed by atoms with van der Waals surface area (Å²) in [4.78, 5) is 27.7. The monoisotopic (exact) mass is 551 g/mol. The first-order valence-corrected chi connectivity index (χ1v) is 13.5. The van der Waals surface area contributed by atoms with Gasteiger partial charge in [-0.3, -0.25) is 14.2 Å². The highest BCUT2D eigenvalue weighted by Crippen LogP contribution is 2.30. The van der Waals surface area contributed by atoms with Gasteiger partial charge in [0.15, 0.2) is 11.0 Å². The Labute approximate surface area is 228 Å². The number of aromatic nitrogens is 3. The molecule has 188 valence electrons. The zero-order chi connectivity index (χ0) is 25.8. The van der Waals surface area contributed by atoms with E-state index in [0.717, 1.165) is 18.5 Å². The number of hydrogen-bond donors (Lipinski definition) is 1. The number of thioether (sulfide) groups is 1. The zero-order valence-corrected chi connectivity index (χ0v) is 22.1. The molecule has 0 atom stereocenters. The van der Waals surface area contributed by atoms with Gasteiger partial charge in [-0.2, -0.15) is 0 Å². The molecule has 7 nitrogen and oxygen atoms in total. The van der Waals surface area contributed by atoms with Crippen molar-refractivity contribution in [2.75, 3.05) is 17.2 Å². The molecule has 0 unspecified atom stereocenters. The number of halogens is 2. The van der Waals surface area contributed by atoms with Gasteiger partial charge in [0.1, 0.15) is 0 Å². The minimum Gasteiger partial charge on any atom is -0.345 e. The number of hydrogen-bond acceptors (Lipinski definition) is 5. The molecule has 4 aromatic rings. The number of benzene rings is 3. The maximum atomic E-state index is 13.2. The van der Waals surface area contributed by atoms with Gasteiger partial charge in [0.25, 0.3) is 5.91 Å². The van der Waals surface area contributed by atoms with Gasteiger partial charge < -0.3 is 10.2 Å². The molecule has 0 saturated heterocycles. The lowest BCUT2D eigenvalue weighted by Crippen LogP contribution is -2.36. The summed E-state index contributed by atoms with van der Waals surface area (Å²) in [7, 11) is 0. The maximum absolute atomic E-state index is 13.2. The van der Waals surface area contributed by atoms with Crippen LogP contribution in [0.4, 0.5) is 5.69 Å². The van der Waals surface area contributed by atoms with E-state index in [2.05, 4.69) is 21.6 Å². The van der Waals surface area contributed by atoms with Crippen LogP contribution in [-0.2, 0) is 17.8 Å². The van der Waals surface area contributed by atoms with Crippen LogP contribution in [0.25, 0.3) is 5.69 Å². The molecule has 5 rings (SSSR count). The Hall–Kier alpha value is -3.33. The fraction of sp³-hybridized carbons (Fsp3) is 0.185. The minimum atomic E-state index is -0.225. The molecule has 0 aliphatic carbocycles. The Morgan fingerprint density at radius 3 is 2.54 bits per heavy atom. The molecule has 0 saturated carbocycles. The molecule has 3 aromatic carbocycles. The molecule has 0 fully saturated rings. The SMILES string of the molecule is O=C(NCc1nnc(SCC(=O)N2CCCc3ccccc32)n1-c1ccc(Cl)c(Cl)c1)c1ccccc1. The first-order chi connectivity index (χ1) is 18.0. The van der Waals surface area contributed by atoms with E-state index in [-0.39, 0.29) is 24.1 Å². The van der Waals surface area contributed by atoms with Crippen LogP contribution in [0.3, 0.4) is 0 Å². The summed E-state index contributed by atoms with van der Waals surface area (Å²) in [5.74, 6) is 0.461. The highest BCUT2D eigenvalue weighted by atomic mass is 35.5. The molecule has 2 heterocycles. The summed E-state index contributed by atoms with van der Waals surface area (Å²) in [6.45, 7) is 0.821. The molecule has 2 amide bonds. The molecular weight excluding hydrogens is 529 g/mol. The highest BCUT2D eigenvalue weighted by Gasteiger charge is 2.24. The number of amides is 2. The van der Waals surface area contributed by atoms with Crippen molar-refractivity contribution >= 4 is 52.5 Å². The second kappa shape index (κ2) is 11.4. The summed E-state index contributed by atoms with van der Waals surface area (Å²) in [5, 5.41) is 12.8. The number of carbonyl (C=O) groups is 2. The van der Waals surface area contributed by atoms with Crippen LogP contribution in [-0.4, -0.2) is 38.9 Å². The number of fused-ring (bicyclic) bond motifs is 1. The number of anilines is 1. The maximum Gasteiger partial charge on any atom is 0.251 e. The summed E-state index contributed by atoms with van der Waals surface area (Å²) in [6.07, 6.45) is 1.90. The van der Waals surface area contributed by atoms with Gasteiger partial charge >= 0.3 is 0 Å². The average molecular weight is 552 g/mol. The van der Waals surface area contributed by atoms with Crippen LogP contribution < -0.4 is 10.2 Å². The van der Waals surface area contributed by atoms with Gasteiger partial charge in [0, 0.05) is 17.8 Å². The number of carbonyl (C=O) groups excluding carboxylic acids is 2. The van der Waals surface area contributed by atoms with Crippen LogP contribution in [0.2, 0.25) is 10.0 Å². The van der Waals surface area contributed by atoms with Crippen molar-refractivity contribution in [2.45, 2.75) is 24.5 Å². The van der Waals surface area contributed by atoms with Crippen molar-refractivity contribution in [3.63, 3.8) is 0 Å². The van der Waals surface area contributed by atoms with Crippen LogP contribution in [0.15, 0.2) is 78.0 Å². The first kappa shape index (κ1) is 25.3. The Kier molecular flexibility index (Phi) is 7.79. The van der Waals surface area contributed by atoms with Crippen molar-refractivity contribution in [2.24, 2.45) is 0 Å². The number of rotatable bonds is 7. The summed E-state index contributed by atoms with van der Waals surface area (Å²) >= 11 is 13.7. The summed E-state index contributed by atoms with van der Waals surface area (Å²) < 4.78 is 1.79. The van der Waals surface area contributed by atoms with E-state index in [9.17, 15) is 9.59 Å². The molecule has 1 aliphatic heterocycles. The molecule has 0 radical (unpaired) electrons. The van der Waals surface area contributed by atoms with E-state index in [1.54, 1.807) is 47.0 Å². The normalized spacial score (nSPS) is 12.8. The van der Waals surface area contributed by atoms with Gasteiger partial charge in [0.05, 0.1) is 28.0 Å². The number of aryl methyl sites for hydroxylation is 1. The lowest BCUT2D eigenvalue weighted by Gasteiger charge is -2.29. The molecule has 1 aromatic heterocycles. The number of nitrogens with zero attached hydrogens (tertiary/aromatic N) is 4. The zero-order valence-electron chi connectivity index (χ0n) is 19.7. The Bertz CT molecular complexity index is 1440. The highest BCUT2D eigenvalue weighted by molar-refractivity contribution is 7.99. The Balaban J connectivity index is 1.37. The van der Waals surface area contributed by atoms with E-state index < -0.39 is 0 Å². The minimum absolute atomic E-state index is 0.000214. The topological polar surface area (TPSA) is 80.1 Å². The standard InChI is InChI=1S/C27H23Cl2N5O2S/c28-21-13-12-20(15-22(21)29)34-24(16-30-26(36)19-8-2-1-3-9-19)31-32-27(34)37-17-25(35)33-14-6-10-18-7-4-5-11-23(18)33/h1-5,7-9,11-13,15H,6,10,14,16-17H2,(H,30,36). The van der Waals surface area contributed by atoms with E-state index in [4.69, 9.17) is 23.2 Å². The fourth-order valence-electron chi connectivity index (χ4n) is 4.24. The van der Waals surface area contributed by atoms with Gasteiger partial charge in [-0.25, -0.2) is 0 Å². The average Bonchev–Trinajstić information content (AvgIpc) is 3.34. The van der Waals surface area contributed by atoms with E-state index in [1.807, 2.05) is 29.2 Å². The fourth-order valence-corrected chi connectivity index (χ4v) is 5.38. The molecule has 0 bridgehead atoms. The quantitative estimate of drug-likeness (QED) is 0.303. The van der Waals surface area contributed by atoms with Crippen LogP contribution >= 0.6 is 35.0 Å². The second-order valence-electron chi connectivity index (χ2n) is 8.45. The lowest BCUT2D eigenvalue weighted by molar-refractivity contribution is -0.116. The third kappa shape index (κ3) is 5.66. The molecule has 0 spiro atoms. The third-order valence-electron chi connectivity index (χ3n) is 6.04. The van der Waals surface area contributed by atoms with E-state index in [0.29, 0.717) is 38.8 Å². The van der Waals surface area contributed by atoms with Gasteiger partial charge in [-0.05, 0) is 54.8 Å². The van der Waals surface area contributed by atoms with Crippen LogP contribution in [0, 0.1) is 0 Å². The van der Waals surface area contributed by atoms with Crippen molar-refractivity contribution in [3.8, 4) is 5.69 Å². The van der Waals surface area contributed by atoms with Gasteiger partial charge in [-0.15, -0.1) is 10.2 Å². The van der Waals surface area contributed by atoms with E-state index >= 15 is 0 Å². The summed E-state index contributed by atoms with van der Waals surface area (Å²) in [6, 6.07) is 22.2. The van der Waals surface area contributed by atoms with Crippen molar-refractivity contribution in [1.82, 2.24) is 20.1 Å². The van der Waals surface area contributed by atoms with Crippen molar-refractivity contribution in [3.05, 3.63) is 99.8 Å². The number of nitrogens with one attached hydrogen (secondary N) is 1. The van der Waals surface area contributed by atoms with Gasteiger partial charge in [0.2, 0.25) is 5.91 Å². The third-order valence-corrected chi connectivity index (χ3v) is 7.69. The Morgan fingerprint density at radius 2 is 1.73 bits per heavy atom. The molecule has 37 heavy (non-hydrogen) atoms. The van der Waals surface area contributed by atoms with Crippen LogP contribution in [0.1, 0.15) is 28.2 Å². The molecule has 1 N–H and O–H groups in total. The van der Waals surface area contributed by atoms with Crippen molar-refractivity contribution < 1.29 is 9.59 Å². The summed E-state index contributed by atoms with van der Waals surface area (Å²) in [5.41, 5.74) is 3.38. The number of para-hydroxylation sites is 1. The molecule has 10 heteroatoms. The first-order valence-electron chi connectivity index (χ1n) is 11.8. The smallest absolute Gasteiger partial charge is 0.251 e. The predicted molar refractivity (Wildman–Crippen MR) is 147 cm³/mol. The largest absolute Gasteiger partial charge is 0.345 e. The predicted octanol–water partition coefficient (Wildman–Crippen LogP) is 5.58. The van der Waals surface area contributed by atoms with E-state index in [1.165, 1.54) is 17.3 Å². The van der Waals surface area contributed by atoms with Crippen molar-refractivity contribution in [1.29, 1.82) is 0 Å². The van der Waals surface area contributed by atoms with Crippen LogP contribution in [0.5, 0.6) is 0 Å². The Morgan fingerprint density at radius 1 is 0.946 bits per heavy atom. The second-order valence-corrected chi connectivity index (χ2v) is 10.2. The van der Waals surface area contributed by atoms with Gasteiger partial charge in [-0.1, -0.05) is 71.4 Å². The molecule has 1 aliphatic rings. The molecular formula is C27H23Cl2N5O2S. The lowest BCUT2D eigenvalue weighted by atomic mass is 10.0.